The number of hydrogen-bond acceptors (Lipinski definition) is 7. The molecule has 0 aliphatic carbocycles. The van der Waals surface area contributed by atoms with Crippen LogP contribution in [0.15, 0.2) is 53.2 Å². The van der Waals surface area contributed by atoms with E-state index in [0.29, 0.717) is 17.2 Å². The second-order valence-corrected chi connectivity index (χ2v) is 6.90. The lowest BCUT2D eigenvalue weighted by molar-refractivity contribution is 0.418. The van der Waals surface area contributed by atoms with Gasteiger partial charge in [0, 0.05) is 0 Å². The first-order valence-electron chi connectivity index (χ1n) is 7.01. The summed E-state index contributed by atoms with van der Waals surface area (Å²) in [7, 11) is -3.35. The first kappa shape index (κ1) is 16.1. The number of rotatable bonds is 5. The van der Waals surface area contributed by atoms with Gasteiger partial charge in [0.15, 0.2) is 5.82 Å². The van der Waals surface area contributed by atoms with E-state index < -0.39 is 16.1 Å². The largest absolute Gasteiger partial charge is 0.332 e. The van der Waals surface area contributed by atoms with Gasteiger partial charge in [-0.2, -0.15) is 4.98 Å². The van der Waals surface area contributed by atoms with Crippen LogP contribution in [0, 0.1) is 0 Å². The number of anilines is 1. The van der Waals surface area contributed by atoms with Crippen LogP contribution < -0.4 is 10.5 Å². The molecule has 2 heterocycles. The minimum atomic E-state index is -3.35. The molecule has 0 fully saturated rings. The van der Waals surface area contributed by atoms with Crippen LogP contribution in [-0.4, -0.2) is 29.8 Å². The Balaban J connectivity index is 1.80. The van der Waals surface area contributed by atoms with E-state index in [1.54, 1.807) is 12.1 Å². The fourth-order valence-electron chi connectivity index (χ4n) is 2.07. The summed E-state index contributed by atoms with van der Waals surface area (Å²) in [6, 6.07) is 12.1. The molecule has 0 saturated carbocycles. The first-order valence-corrected chi connectivity index (χ1v) is 8.90. The molecule has 9 heteroatoms. The van der Waals surface area contributed by atoms with E-state index >= 15 is 0 Å². The minimum Gasteiger partial charge on any atom is -0.332 e. The van der Waals surface area contributed by atoms with Crippen molar-refractivity contribution in [2.45, 2.75) is 6.04 Å². The quantitative estimate of drug-likeness (QED) is 0.719. The van der Waals surface area contributed by atoms with E-state index in [1.807, 2.05) is 30.3 Å². The van der Waals surface area contributed by atoms with Crippen LogP contribution in [0.1, 0.15) is 17.4 Å². The summed E-state index contributed by atoms with van der Waals surface area (Å²) in [5.41, 5.74) is 7.76. The highest BCUT2D eigenvalue weighted by atomic mass is 32.2. The molecule has 0 aliphatic rings. The molecule has 0 radical (unpaired) electrons. The smallest absolute Gasteiger partial charge is 0.276 e. The third kappa shape index (κ3) is 3.76. The molecule has 1 unspecified atom stereocenters. The van der Waals surface area contributed by atoms with Crippen molar-refractivity contribution >= 4 is 15.7 Å². The SMILES string of the molecule is CS(=O)(=O)Nc1ccc(-c2nc(C(N)c3ccccc3)no2)nc1. The molecule has 1 aromatic carbocycles. The number of benzene rings is 1. The van der Waals surface area contributed by atoms with Crippen LogP contribution in [0.25, 0.3) is 11.6 Å². The molecule has 0 saturated heterocycles. The monoisotopic (exact) mass is 345 g/mol. The zero-order chi connectivity index (χ0) is 17.2. The van der Waals surface area contributed by atoms with E-state index in [9.17, 15) is 8.42 Å². The van der Waals surface area contributed by atoms with Gasteiger partial charge in [0.2, 0.25) is 10.0 Å². The zero-order valence-electron chi connectivity index (χ0n) is 12.7. The van der Waals surface area contributed by atoms with E-state index in [4.69, 9.17) is 10.3 Å². The maximum Gasteiger partial charge on any atom is 0.276 e. The van der Waals surface area contributed by atoms with Crippen molar-refractivity contribution < 1.29 is 12.9 Å². The van der Waals surface area contributed by atoms with Gasteiger partial charge in [-0.1, -0.05) is 35.5 Å². The Hall–Kier alpha value is -2.78. The molecule has 3 N–H and O–H groups in total. The number of sulfonamides is 1. The van der Waals surface area contributed by atoms with E-state index in [0.717, 1.165) is 11.8 Å². The van der Waals surface area contributed by atoms with Gasteiger partial charge >= 0.3 is 0 Å². The number of nitrogens with zero attached hydrogens (tertiary/aromatic N) is 3. The zero-order valence-corrected chi connectivity index (χ0v) is 13.6. The highest BCUT2D eigenvalue weighted by molar-refractivity contribution is 7.92. The lowest BCUT2D eigenvalue weighted by Crippen LogP contribution is -2.13. The number of nitrogens with two attached hydrogens (primary N) is 1. The molecule has 124 valence electrons. The van der Waals surface area contributed by atoms with Gasteiger partial charge in [0.05, 0.1) is 24.2 Å². The second-order valence-electron chi connectivity index (χ2n) is 5.15. The molecule has 8 nitrogen and oxygen atoms in total. The predicted molar refractivity (Wildman–Crippen MR) is 88.5 cm³/mol. The van der Waals surface area contributed by atoms with Gasteiger partial charge in [0.25, 0.3) is 5.89 Å². The highest BCUT2D eigenvalue weighted by Crippen LogP contribution is 2.21. The summed E-state index contributed by atoms with van der Waals surface area (Å²) >= 11 is 0. The Morgan fingerprint density at radius 1 is 1.17 bits per heavy atom. The van der Waals surface area contributed by atoms with Crippen molar-refractivity contribution in [1.82, 2.24) is 15.1 Å². The minimum absolute atomic E-state index is 0.210. The Morgan fingerprint density at radius 2 is 1.92 bits per heavy atom. The third-order valence-electron chi connectivity index (χ3n) is 3.16. The Kier molecular flexibility index (Phi) is 4.28. The number of aromatic nitrogens is 3. The average molecular weight is 345 g/mol. The summed E-state index contributed by atoms with van der Waals surface area (Å²) in [4.78, 5) is 8.37. The number of pyridine rings is 1. The van der Waals surface area contributed by atoms with Crippen LogP contribution in [0.3, 0.4) is 0 Å². The lowest BCUT2D eigenvalue weighted by Gasteiger charge is -2.06. The normalized spacial score (nSPS) is 12.8. The van der Waals surface area contributed by atoms with Gasteiger partial charge in [-0.15, -0.1) is 0 Å². The van der Waals surface area contributed by atoms with Crippen molar-refractivity contribution in [3.63, 3.8) is 0 Å². The number of nitrogens with one attached hydrogen (secondary N) is 1. The molecule has 2 aromatic heterocycles. The molecular weight excluding hydrogens is 330 g/mol. The van der Waals surface area contributed by atoms with Crippen molar-refractivity contribution in [2.75, 3.05) is 11.0 Å². The van der Waals surface area contributed by atoms with E-state index in [-0.39, 0.29) is 5.89 Å². The van der Waals surface area contributed by atoms with Crippen molar-refractivity contribution in [1.29, 1.82) is 0 Å². The predicted octanol–water partition coefficient (Wildman–Crippen LogP) is 1.55. The van der Waals surface area contributed by atoms with Crippen LogP contribution >= 0.6 is 0 Å². The highest BCUT2D eigenvalue weighted by Gasteiger charge is 2.17. The molecule has 0 amide bonds. The lowest BCUT2D eigenvalue weighted by atomic mass is 10.1. The average Bonchev–Trinajstić information content (AvgIpc) is 3.04. The van der Waals surface area contributed by atoms with Crippen molar-refractivity contribution in [2.24, 2.45) is 5.73 Å². The van der Waals surface area contributed by atoms with Crippen LogP contribution in [0.5, 0.6) is 0 Å². The molecule has 3 aromatic rings. The molecule has 24 heavy (non-hydrogen) atoms. The van der Waals surface area contributed by atoms with Gasteiger partial charge in [0.1, 0.15) is 5.69 Å². The second kappa shape index (κ2) is 6.38. The topological polar surface area (TPSA) is 124 Å². The number of hydrogen-bond donors (Lipinski definition) is 2. The molecule has 0 aliphatic heterocycles. The van der Waals surface area contributed by atoms with Crippen molar-refractivity contribution in [3.8, 4) is 11.6 Å². The van der Waals surface area contributed by atoms with Gasteiger partial charge in [-0.3, -0.25) is 4.72 Å². The standard InChI is InChI=1S/C15H15N5O3S/c1-24(21,22)20-11-7-8-12(17-9-11)15-18-14(19-23-15)13(16)10-5-3-2-4-6-10/h2-9,13,20H,16H2,1H3. The fourth-order valence-corrected chi connectivity index (χ4v) is 2.62. The maximum absolute atomic E-state index is 11.2. The van der Waals surface area contributed by atoms with Gasteiger partial charge in [-0.05, 0) is 17.7 Å². The molecule has 1 atom stereocenters. The van der Waals surface area contributed by atoms with Crippen LogP contribution in [-0.2, 0) is 10.0 Å². The Bertz CT molecular complexity index is 923. The van der Waals surface area contributed by atoms with Gasteiger partial charge < -0.3 is 10.3 Å². The fraction of sp³-hybridized carbons (Fsp3) is 0.133. The molecular formula is C15H15N5O3S. The van der Waals surface area contributed by atoms with Crippen LogP contribution in [0.4, 0.5) is 5.69 Å². The Labute approximate surface area is 138 Å². The maximum atomic E-state index is 11.2. The van der Waals surface area contributed by atoms with Crippen molar-refractivity contribution in [3.05, 3.63) is 60.0 Å². The van der Waals surface area contributed by atoms with E-state index in [2.05, 4.69) is 19.8 Å². The summed E-state index contributed by atoms with van der Waals surface area (Å²) in [6.07, 6.45) is 2.44. The first-order chi connectivity index (χ1) is 11.4. The summed E-state index contributed by atoms with van der Waals surface area (Å²) in [6.45, 7) is 0. The van der Waals surface area contributed by atoms with Crippen LogP contribution in [0.2, 0.25) is 0 Å². The third-order valence-corrected chi connectivity index (χ3v) is 3.77. The Morgan fingerprint density at radius 3 is 2.54 bits per heavy atom. The van der Waals surface area contributed by atoms with E-state index in [1.165, 1.54) is 6.20 Å². The summed E-state index contributed by atoms with van der Waals surface area (Å²) in [5.74, 6) is 0.554. The summed E-state index contributed by atoms with van der Waals surface area (Å²) < 4.78 is 29.9. The van der Waals surface area contributed by atoms with Gasteiger partial charge in [-0.25, -0.2) is 13.4 Å². The molecule has 3 rings (SSSR count). The molecule has 0 spiro atoms. The summed E-state index contributed by atoms with van der Waals surface area (Å²) in [5, 5.41) is 3.89. The molecule has 0 bridgehead atoms.